The molecule has 0 bridgehead atoms. The number of aliphatic hydroxyl groups is 1. The van der Waals surface area contributed by atoms with E-state index in [0.29, 0.717) is 42.0 Å². The van der Waals surface area contributed by atoms with Crippen LogP contribution >= 0.6 is 36.4 Å². The summed E-state index contributed by atoms with van der Waals surface area (Å²) in [7, 11) is -8.84. The van der Waals surface area contributed by atoms with Gasteiger partial charge in [0.15, 0.2) is 0 Å². The number of aromatic carboxylic acids is 2. The average Bonchev–Trinajstić information content (AvgIpc) is 1.72. The number of sulfonamides is 2. The molecule has 4 fully saturated rings. The van der Waals surface area contributed by atoms with Crippen molar-refractivity contribution in [2.45, 2.75) is 153 Å². The van der Waals surface area contributed by atoms with Gasteiger partial charge in [0.2, 0.25) is 17.8 Å². The van der Waals surface area contributed by atoms with Gasteiger partial charge in [-0.2, -0.15) is 4.98 Å². The number of carbonyl (C=O) groups is 2. The first-order valence-electron chi connectivity index (χ1n) is 33.3. The molecule has 0 radical (unpaired) electrons. The van der Waals surface area contributed by atoms with Gasteiger partial charge < -0.3 is 30.7 Å². The van der Waals surface area contributed by atoms with Crippen LogP contribution in [-0.2, 0) is 20.0 Å². The van der Waals surface area contributed by atoms with Gasteiger partial charge in [0, 0.05) is 63.9 Å². The molecule has 2 aromatic heterocycles. The van der Waals surface area contributed by atoms with E-state index in [9.17, 15) is 36.6 Å². The van der Waals surface area contributed by atoms with Crippen LogP contribution in [0.1, 0.15) is 151 Å². The Morgan fingerprint density at radius 3 is 1.41 bits per heavy atom. The fraction of sp³-hybridized carbons (Fsp3) is 0.452. The van der Waals surface area contributed by atoms with Crippen molar-refractivity contribution in [3.8, 4) is 28.4 Å². The van der Waals surface area contributed by atoms with Crippen molar-refractivity contribution < 1.29 is 62.9 Å². The number of nitrogens with one attached hydrogen (secondary N) is 4. The Morgan fingerprint density at radius 1 is 0.612 bits per heavy atom. The number of carboxylic acids is 2. The normalized spacial score (nSPS) is 19.5. The van der Waals surface area contributed by atoms with Crippen molar-refractivity contribution in [1.29, 1.82) is 0 Å². The van der Waals surface area contributed by atoms with Gasteiger partial charge in [-0.25, -0.2) is 50.8 Å². The van der Waals surface area contributed by atoms with Gasteiger partial charge in [0.25, 0.3) is 20.0 Å². The maximum atomic E-state index is 13.4. The first kappa shape index (κ1) is 52.2. The van der Waals surface area contributed by atoms with Crippen molar-refractivity contribution >= 4 is 80.3 Å². The molecule has 7 N–H and O–H groups in total. The van der Waals surface area contributed by atoms with E-state index in [0.717, 1.165) is 55.4 Å². The summed E-state index contributed by atoms with van der Waals surface area (Å²) in [4.78, 5) is 38.2. The number of rotatable bonds is 22. The van der Waals surface area contributed by atoms with Crippen LogP contribution in [0.3, 0.4) is 0 Å². The predicted octanol–water partition coefficient (Wildman–Crippen LogP) is 12.3. The highest BCUT2D eigenvalue weighted by atomic mass is 35.5. The summed E-state index contributed by atoms with van der Waals surface area (Å²) in [5, 5.41) is 34.6. The summed E-state index contributed by atoms with van der Waals surface area (Å²) in [5.41, 5.74) is -1.36. The van der Waals surface area contributed by atoms with Crippen molar-refractivity contribution in [2.24, 2.45) is 22.7 Å². The van der Waals surface area contributed by atoms with Crippen LogP contribution in [0, 0.1) is 50.1 Å². The number of ether oxygens (including phenoxy) is 1. The molecule has 2 spiro atoms. The molecule has 0 aliphatic heterocycles. The van der Waals surface area contributed by atoms with Gasteiger partial charge in [-0.3, -0.25) is 0 Å². The molecule has 85 heavy (non-hydrogen) atoms. The third-order valence-electron chi connectivity index (χ3n) is 15.0. The van der Waals surface area contributed by atoms with Crippen molar-refractivity contribution in [2.75, 3.05) is 22.7 Å². The molecular formula is C62H79Cl3N8O10S2. The number of nitrogens with zero attached hydrogens (tertiary/aromatic N) is 4. The van der Waals surface area contributed by atoms with Gasteiger partial charge in [0.05, 0.1) is 38.9 Å². The monoisotopic (exact) mass is 1280 g/mol. The predicted molar refractivity (Wildman–Crippen MR) is 337 cm³/mol. The van der Waals surface area contributed by atoms with Crippen LogP contribution in [0.15, 0.2) is 107 Å². The van der Waals surface area contributed by atoms with Crippen LogP contribution in [0.5, 0.6) is 5.88 Å². The fourth-order valence-corrected chi connectivity index (χ4v) is 12.8. The maximum absolute atomic E-state index is 13.4. The third-order valence-corrected chi connectivity index (χ3v) is 17.9. The van der Waals surface area contributed by atoms with E-state index in [4.69, 9.17) is 37.9 Å². The second-order valence-electron chi connectivity index (χ2n) is 22.8. The molecule has 0 amide bonds. The molecule has 0 saturated heterocycles. The highest BCUT2D eigenvalue weighted by Crippen LogP contribution is 2.61. The largest absolute Gasteiger partial charge is 0.478 e. The second kappa shape index (κ2) is 28.7. The molecule has 0 unspecified atom stereocenters. The van der Waals surface area contributed by atoms with E-state index in [1.54, 1.807) is 0 Å². The van der Waals surface area contributed by atoms with Gasteiger partial charge in [-0.05, 0) is 173 Å². The molecule has 18 nitrogen and oxygen atoms in total. The molecule has 2 atom stereocenters. The van der Waals surface area contributed by atoms with Crippen LogP contribution < -0.4 is 24.8 Å². The fourth-order valence-electron chi connectivity index (χ4n) is 10.6. The zero-order chi connectivity index (χ0) is 70.0. The molecule has 2 heterocycles. The number of carboxylic acid groups (broad SMARTS) is 2. The summed E-state index contributed by atoms with van der Waals surface area (Å²) in [6.07, 6.45) is 12.3. The van der Waals surface area contributed by atoms with Crippen LogP contribution in [-0.4, -0.2) is 101 Å². The van der Waals surface area contributed by atoms with Gasteiger partial charge in [-0.1, -0.05) is 87.8 Å². The van der Waals surface area contributed by atoms with Crippen molar-refractivity contribution in [1.82, 2.24) is 30.6 Å². The second-order valence-corrected chi connectivity index (χ2v) is 26.6. The number of anilines is 2. The van der Waals surface area contributed by atoms with E-state index in [1.165, 1.54) is 111 Å². The standard InChI is InChI=1S/C31H38N4O5S.C19H16ClN3O4S.C12H23NO.2ClH/c1-19(2)13-23(32-24-16-31(17-24)11-12-31)18-40-27-15-26(28-20(3)7-5-8-21(28)4)33-30(34-27)35-41(38,39)25-10-6-9-22(14-25)29(36)37;1-11-5-3-6-12(2)17(11)15-10-16(20)22-19(21-15)23-28(26,27)14-8-4-7-13(9-14)18(24)25;1-9(2)5-10(8-14)13-11-6-12(7-11)3-4-12;;/h5-10,14-15,19,23-24,32H,11-13,16-18H2,1-4H3,(H,36,37)(H,33,34,35);3-10H,1-2H3,(H,24,25)(H,21,22,23);9-11,13-14H,3-8H2,1-2H3;2*1H/t23-;;10-;;/m1.1../s1/i3D3,4D3;1D3,2D3;;;. The van der Waals surface area contributed by atoms with E-state index < -0.39 is 76.2 Å². The summed E-state index contributed by atoms with van der Waals surface area (Å²) < 4.78 is 158. The van der Waals surface area contributed by atoms with E-state index in [-0.39, 0.29) is 109 Å². The number of aromatic nitrogens is 4. The minimum atomic E-state index is -4.45. The van der Waals surface area contributed by atoms with Crippen LogP contribution in [0.4, 0.5) is 11.9 Å². The van der Waals surface area contributed by atoms with Crippen LogP contribution in [0.2, 0.25) is 5.15 Å². The van der Waals surface area contributed by atoms with Crippen molar-refractivity contribution in [3.63, 3.8) is 0 Å². The SMILES string of the molecule is CC(C)C[C@H](CO)NC1CC2(CC2)C1.Cl.Cl.[2H]C([2H])([2H])c1cccc(C([2H])([2H])[2H])c1-c1cc(Cl)nc(NS(=O)(=O)c2cccc(C(=O)O)c2)n1.[2H]C([2H])([2H])c1cccc(C([2H])([2H])[2H])c1-c1cc(OC[C@@H](CC(C)C)NC2CC3(CC3)C2)nc(NS(=O)(=O)c2cccc(C(=O)O)c2)n1. The molecule has 460 valence electrons. The maximum Gasteiger partial charge on any atom is 0.335 e. The minimum absolute atomic E-state index is 0. The zero-order valence-electron chi connectivity index (χ0n) is 59.2. The molecule has 4 aromatic carbocycles. The van der Waals surface area contributed by atoms with E-state index >= 15 is 0 Å². The van der Waals surface area contributed by atoms with Crippen LogP contribution in [0.25, 0.3) is 22.5 Å². The molecule has 4 aliphatic rings. The van der Waals surface area contributed by atoms with Gasteiger partial charge >= 0.3 is 11.9 Å². The van der Waals surface area contributed by atoms with E-state index in [1.807, 2.05) is 0 Å². The topological polar surface area (TPSA) is 272 Å². The summed E-state index contributed by atoms with van der Waals surface area (Å²) in [6, 6.07) is 20.5. The lowest BCUT2D eigenvalue weighted by Crippen LogP contribution is -2.49. The van der Waals surface area contributed by atoms with Gasteiger partial charge in [-0.15, -0.1) is 24.8 Å². The number of benzene rings is 4. The molecule has 4 saturated carbocycles. The Morgan fingerprint density at radius 2 is 1.01 bits per heavy atom. The molecule has 10 rings (SSSR count). The lowest BCUT2D eigenvalue weighted by molar-refractivity contribution is 0.0685. The number of hydrogen-bond acceptors (Lipinski definition) is 14. The summed E-state index contributed by atoms with van der Waals surface area (Å²) in [5.74, 6) is -2.84. The lowest BCUT2D eigenvalue weighted by Gasteiger charge is -2.39. The molecule has 6 aromatic rings. The number of hydrogen-bond donors (Lipinski definition) is 7. The zero-order valence-corrected chi connectivity index (χ0v) is 51.2. The summed E-state index contributed by atoms with van der Waals surface area (Å²) >= 11 is 6.03. The van der Waals surface area contributed by atoms with E-state index in [2.05, 4.69) is 67.7 Å². The molecular weight excluding hydrogens is 1190 g/mol. The number of halogens is 3. The number of aryl methyl sites for hydroxylation is 4. The quantitative estimate of drug-likeness (QED) is 0.0311. The highest BCUT2D eigenvalue weighted by Gasteiger charge is 2.53. The van der Waals surface area contributed by atoms with Crippen molar-refractivity contribution in [3.05, 3.63) is 136 Å². The Bertz CT molecular complexity index is 3950. The first-order chi connectivity index (χ1) is 44.1. The number of aliphatic hydroxyl groups excluding tert-OH is 1. The van der Waals surface area contributed by atoms with Gasteiger partial charge in [0.1, 0.15) is 11.8 Å². The minimum Gasteiger partial charge on any atom is -0.478 e. The first-order valence-corrected chi connectivity index (χ1v) is 30.6. The Hall–Kier alpha value is -5.97. The third kappa shape index (κ3) is 18.3. The molecule has 4 aliphatic carbocycles. The summed E-state index contributed by atoms with van der Waals surface area (Å²) in [6.45, 7) is -1.86. The lowest BCUT2D eigenvalue weighted by atomic mass is 9.76. The Labute approximate surface area is 534 Å². The smallest absolute Gasteiger partial charge is 0.335 e. The average molecular weight is 1280 g/mol. The highest BCUT2D eigenvalue weighted by molar-refractivity contribution is 7.93. The Balaban J connectivity index is 0.000000258. The molecule has 23 heteroatoms. The Kier molecular flexibility index (Phi) is 17.6.